The molecule has 0 aromatic heterocycles. The number of aliphatic hydroxyl groups is 1. The monoisotopic (exact) mass is 387 g/mol. The van der Waals surface area contributed by atoms with Gasteiger partial charge in [0, 0.05) is 11.5 Å². The molecule has 22 heavy (non-hydrogen) atoms. The van der Waals surface area contributed by atoms with Crippen LogP contribution >= 0.6 is 15.9 Å². The minimum atomic E-state index is -3.68. The fourth-order valence-corrected chi connectivity index (χ4v) is 3.97. The molecule has 0 fully saturated rings. The Morgan fingerprint density at radius 1 is 1.32 bits per heavy atom. The van der Waals surface area contributed by atoms with Crippen LogP contribution in [0.4, 0.5) is 0 Å². The smallest absolute Gasteiger partial charge is 0.243 e. The predicted octanol–water partition coefficient (Wildman–Crippen LogP) is 3.07. The second-order valence-corrected chi connectivity index (χ2v) is 7.68. The lowest BCUT2D eigenvalue weighted by Gasteiger charge is -2.30. The Hall–Kier alpha value is -0.910. The Morgan fingerprint density at radius 3 is 2.36 bits per heavy atom. The zero-order chi connectivity index (χ0) is 16.8. The van der Waals surface area contributed by atoms with Crippen molar-refractivity contribution in [2.45, 2.75) is 31.7 Å². The molecule has 0 bridgehead atoms. The van der Waals surface area contributed by atoms with Gasteiger partial charge in [-0.3, -0.25) is 0 Å². The third-order valence-electron chi connectivity index (χ3n) is 3.29. The van der Waals surface area contributed by atoms with Crippen molar-refractivity contribution in [3.05, 3.63) is 46.6 Å². The molecule has 0 unspecified atom stereocenters. The lowest BCUT2D eigenvalue weighted by molar-refractivity contribution is 0.221. The molecule has 1 rings (SSSR count). The molecule has 0 saturated heterocycles. The molecule has 0 saturated carbocycles. The number of hydrogen-bond donors (Lipinski definition) is 1. The van der Waals surface area contributed by atoms with Gasteiger partial charge in [-0.05, 0) is 31.1 Å². The summed E-state index contributed by atoms with van der Waals surface area (Å²) in [4.78, 5) is 1.78. The van der Waals surface area contributed by atoms with Gasteiger partial charge in [0.05, 0.1) is 17.5 Å². The Bertz CT molecular complexity index is 632. The second kappa shape index (κ2) is 8.65. The van der Waals surface area contributed by atoms with Gasteiger partial charge in [0.15, 0.2) is 0 Å². The second-order valence-electron chi connectivity index (χ2n) is 5.33. The summed E-state index contributed by atoms with van der Waals surface area (Å²) in [6.45, 7) is 5.58. The van der Waals surface area contributed by atoms with Crippen LogP contribution in [0.5, 0.6) is 0 Å². The topological polar surface area (TPSA) is 57.6 Å². The van der Waals surface area contributed by atoms with Gasteiger partial charge in [0.25, 0.3) is 0 Å². The van der Waals surface area contributed by atoms with Crippen LogP contribution in [0.2, 0.25) is 0 Å². The van der Waals surface area contributed by atoms with Crippen molar-refractivity contribution >= 4 is 26.0 Å². The van der Waals surface area contributed by atoms with Gasteiger partial charge in [-0.2, -0.15) is 4.31 Å². The van der Waals surface area contributed by atoms with Crippen LogP contribution in [0.1, 0.15) is 19.4 Å². The highest BCUT2D eigenvalue weighted by molar-refractivity contribution is 9.11. The van der Waals surface area contributed by atoms with Crippen molar-refractivity contribution < 1.29 is 13.5 Å². The largest absolute Gasteiger partial charge is 0.395 e. The first-order valence-corrected chi connectivity index (χ1v) is 9.40. The van der Waals surface area contributed by atoms with E-state index in [0.29, 0.717) is 0 Å². The molecule has 1 atom stereocenters. The van der Waals surface area contributed by atoms with E-state index >= 15 is 0 Å². The molecule has 4 nitrogen and oxygen atoms in total. The highest BCUT2D eigenvalue weighted by Crippen LogP contribution is 2.23. The summed E-state index contributed by atoms with van der Waals surface area (Å²) >= 11 is 3.13. The maximum absolute atomic E-state index is 12.9. The first-order valence-electron chi connectivity index (χ1n) is 7.05. The average Bonchev–Trinajstić information content (AvgIpc) is 2.46. The molecule has 0 amide bonds. The summed E-state index contributed by atoms with van der Waals surface area (Å²) in [6, 6.07) is 6.34. The summed E-state index contributed by atoms with van der Waals surface area (Å²) in [5, 5.41) is 9.29. The van der Waals surface area contributed by atoms with Gasteiger partial charge in [-0.25, -0.2) is 8.42 Å². The summed E-state index contributed by atoms with van der Waals surface area (Å²) in [5.74, 6) is 0.0479. The maximum atomic E-state index is 12.9. The van der Waals surface area contributed by atoms with Gasteiger partial charge in [0.2, 0.25) is 10.0 Å². The number of hydrogen-bond acceptors (Lipinski definition) is 3. The number of sulfonamides is 1. The molecule has 0 aliphatic rings. The highest BCUT2D eigenvalue weighted by Gasteiger charge is 2.31. The van der Waals surface area contributed by atoms with Crippen LogP contribution < -0.4 is 0 Å². The number of nitrogens with zero attached hydrogens (tertiary/aromatic N) is 1. The van der Waals surface area contributed by atoms with E-state index in [4.69, 9.17) is 0 Å². The van der Waals surface area contributed by atoms with Crippen molar-refractivity contribution in [2.75, 3.05) is 13.2 Å². The summed E-state index contributed by atoms with van der Waals surface area (Å²) < 4.78 is 27.1. The molecule has 122 valence electrons. The Labute approximate surface area is 141 Å². The molecule has 1 aromatic carbocycles. The van der Waals surface area contributed by atoms with Crippen molar-refractivity contribution in [1.29, 1.82) is 0 Å². The minimum absolute atomic E-state index is 0.0412. The zero-order valence-electron chi connectivity index (χ0n) is 13.0. The Balaban J connectivity index is 3.32. The summed E-state index contributed by atoms with van der Waals surface area (Å²) in [5.41, 5.74) is 3.88. The van der Waals surface area contributed by atoms with Crippen LogP contribution in [-0.2, 0) is 10.0 Å². The third kappa shape index (κ3) is 4.80. The quantitative estimate of drug-likeness (QED) is 0.731. The fraction of sp³-hybridized carbons (Fsp3) is 0.438. The molecule has 1 aromatic rings. The van der Waals surface area contributed by atoms with Gasteiger partial charge < -0.3 is 5.11 Å². The number of aliphatic hydroxyl groups excluding tert-OH is 1. The van der Waals surface area contributed by atoms with E-state index in [-0.39, 0.29) is 30.0 Å². The van der Waals surface area contributed by atoms with Crippen LogP contribution in [-0.4, -0.2) is 37.0 Å². The predicted molar refractivity (Wildman–Crippen MR) is 92.4 cm³/mol. The van der Waals surface area contributed by atoms with Crippen LogP contribution in [0.3, 0.4) is 0 Å². The molecule has 0 aliphatic carbocycles. The van der Waals surface area contributed by atoms with E-state index in [1.54, 1.807) is 35.3 Å². The van der Waals surface area contributed by atoms with Gasteiger partial charge in [-0.1, -0.05) is 47.5 Å². The molecular formula is C16H22BrNO3S. The number of benzene rings is 1. The summed E-state index contributed by atoms with van der Waals surface area (Å²) in [7, 11) is -3.68. The fourth-order valence-electron chi connectivity index (χ4n) is 2.12. The van der Waals surface area contributed by atoms with Crippen molar-refractivity contribution in [3.8, 4) is 0 Å². The first kappa shape index (κ1) is 19.1. The maximum Gasteiger partial charge on any atom is 0.243 e. The molecular weight excluding hydrogens is 366 g/mol. The molecule has 6 heteroatoms. The SMILES string of the molecule is Cc1ccc(S(=O)(=O)N(CCO)[C@H](C=C=CBr)C(C)C)cc1. The molecule has 0 heterocycles. The standard InChI is InChI=1S/C16H22BrNO3S/c1-13(2)16(5-4-10-17)18(11-12-19)22(20,21)15-8-6-14(3)7-9-15/h5-10,13,16,19H,11-12H2,1-3H3/t4?,16-/m1/s1. The van der Waals surface area contributed by atoms with Gasteiger partial charge >= 0.3 is 0 Å². The van der Waals surface area contributed by atoms with Gasteiger partial charge in [0.1, 0.15) is 0 Å². The average molecular weight is 388 g/mol. The van der Waals surface area contributed by atoms with E-state index in [1.165, 1.54) is 4.31 Å². The van der Waals surface area contributed by atoms with Crippen molar-refractivity contribution in [1.82, 2.24) is 4.31 Å². The van der Waals surface area contributed by atoms with Crippen LogP contribution in [0.15, 0.2) is 46.0 Å². The molecule has 1 N–H and O–H groups in total. The normalized spacial score (nSPS) is 13.0. The Kier molecular flexibility index (Phi) is 7.53. The third-order valence-corrected chi connectivity index (χ3v) is 5.47. The minimum Gasteiger partial charge on any atom is -0.395 e. The van der Waals surface area contributed by atoms with E-state index in [0.717, 1.165) is 5.56 Å². The molecule has 0 radical (unpaired) electrons. The number of halogens is 1. The Morgan fingerprint density at radius 2 is 1.91 bits per heavy atom. The van der Waals surface area contributed by atoms with Crippen LogP contribution in [0.25, 0.3) is 0 Å². The highest BCUT2D eigenvalue weighted by atomic mass is 79.9. The zero-order valence-corrected chi connectivity index (χ0v) is 15.4. The van der Waals surface area contributed by atoms with Gasteiger partial charge in [-0.15, -0.1) is 5.73 Å². The lowest BCUT2D eigenvalue weighted by Crippen LogP contribution is -2.43. The lowest BCUT2D eigenvalue weighted by atomic mass is 10.0. The van der Waals surface area contributed by atoms with Crippen molar-refractivity contribution in [3.63, 3.8) is 0 Å². The van der Waals surface area contributed by atoms with E-state index in [2.05, 4.69) is 21.7 Å². The van der Waals surface area contributed by atoms with Crippen LogP contribution in [0, 0.1) is 12.8 Å². The number of rotatable bonds is 7. The molecule has 0 aliphatic heterocycles. The molecule has 0 spiro atoms. The van der Waals surface area contributed by atoms with E-state index in [1.807, 2.05) is 20.8 Å². The summed E-state index contributed by atoms with van der Waals surface area (Å²) in [6.07, 6.45) is 1.70. The van der Waals surface area contributed by atoms with Crippen molar-refractivity contribution in [2.24, 2.45) is 5.92 Å². The first-order chi connectivity index (χ1) is 10.3. The van der Waals surface area contributed by atoms with E-state index < -0.39 is 10.0 Å². The van der Waals surface area contributed by atoms with E-state index in [9.17, 15) is 13.5 Å². The number of aryl methyl sites for hydroxylation is 1.